The highest BCUT2D eigenvalue weighted by Gasteiger charge is 2.25. The fourth-order valence-corrected chi connectivity index (χ4v) is 3.60. The van der Waals surface area contributed by atoms with E-state index in [1.54, 1.807) is 24.4 Å². The molecule has 0 atom stereocenters. The van der Waals surface area contributed by atoms with Crippen LogP contribution >= 0.6 is 0 Å². The van der Waals surface area contributed by atoms with Crippen molar-refractivity contribution in [1.82, 2.24) is 15.3 Å². The van der Waals surface area contributed by atoms with Gasteiger partial charge in [0, 0.05) is 52.3 Å². The monoisotopic (exact) mass is 394 g/mol. The molecule has 1 aliphatic heterocycles. The highest BCUT2D eigenvalue weighted by Crippen LogP contribution is 2.34. The topological polar surface area (TPSA) is 86.9 Å². The second kappa shape index (κ2) is 7.33. The van der Waals surface area contributed by atoms with Gasteiger partial charge in [0.1, 0.15) is 5.65 Å². The minimum atomic E-state index is -0.190. The molecule has 1 aliphatic rings. The molecule has 0 bridgehead atoms. The van der Waals surface area contributed by atoms with Crippen molar-refractivity contribution in [2.24, 2.45) is 0 Å². The second-order valence-corrected chi connectivity index (χ2v) is 7.08. The molecule has 2 aromatic heterocycles. The molecule has 2 amide bonds. The average Bonchev–Trinajstić information content (AvgIpc) is 3.33. The third-order valence-electron chi connectivity index (χ3n) is 5.14. The summed E-state index contributed by atoms with van der Waals surface area (Å²) in [5.41, 5.74) is 5.10. The predicted octanol–water partition coefficient (Wildman–Crippen LogP) is 3.99. The van der Waals surface area contributed by atoms with Gasteiger partial charge in [-0.2, -0.15) is 0 Å². The first-order valence-electron chi connectivity index (χ1n) is 9.61. The van der Waals surface area contributed by atoms with Crippen LogP contribution in [0.1, 0.15) is 27.0 Å². The van der Waals surface area contributed by atoms with E-state index in [0.29, 0.717) is 28.9 Å². The first kappa shape index (κ1) is 17.9. The van der Waals surface area contributed by atoms with Gasteiger partial charge in [0.05, 0.1) is 0 Å². The van der Waals surface area contributed by atoms with Gasteiger partial charge < -0.3 is 15.6 Å². The molecule has 4 aromatic rings. The third-order valence-corrected chi connectivity index (χ3v) is 5.14. The van der Waals surface area contributed by atoms with Crippen molar-refractivity contribution in [2.75, 3.05) is 5.32 Å². The summed E-state index contributed by atoms with van der Waals surface area (Å²) in [5, 5.41) is 6.73. The summed E-state index contributed by atoms with van der Waals surface area (Å²) in [7, 11) is 0. The Morgan fingerprint density at radius 2 is 1.93 bits per heavy atom. The zero-order valence-electron chi connectivity index (χ0n) is 16.0. The van der Waals surface area contributed by atoms with Crippen molar-refractivity contribution < 1.29 is 9.59 Å². The van der Waals surface area contributed by atoms with Crippen molar-refractivity contribution in [3.05, 3.63) is 95.3 Å². The summed E-state index contributed by atoms with van der Waals surface area (Å²) in [6, 6.07) is 18.8. The Labute approximate surface area is 172 Å². The highest BCUT2D eigenvalue weighted by molar-refractivity contribution is 6.35. The summed E-state index contributed by atoms with van der Waals surface area (Å²) in [4.78, 5) is 32.6. The van der Waals surface area contributed by atoms with Gasteiger partial charge in [-0.15, -0.1) is 0 Å². The molecule has 30 heavy (non-hydrogen) atoms. The molecule has 6 heteroatoms. The Kier molecular flexibility index (Phi) is 4.37. The number of carbonyl (C=O) groups excluding carboxylic acids is 2. The lowest BCUT2D eigenvalue weighted by Gasteiger charge is -2.07. The number of H-pyrrole nitrogens is 1. The molecule has 3 heterocycles. The number of fused-ring (bicyclic) bond motifs is 2. The highest BCUT2D eigenvalue weighted by atomic mass is 16.2. The van der Waals surface area contributed by atoms with E-state index in [1.807, 2.05) is 54.7 Å². The second-order valence-electron chi connectivity index (χ2n) is 7.08. The summed E-state index contributed by atoms with van der Waals surface area (Å²) >= 11 is 0. The number of amides is 2. The number of hydrogen-bond donors (Lipinski definition) is 3. The molecule has 0 unspecified atom stereocenters. The fourth-order valence-electron chi connectivity index (χ4n) is 3.60. The van der Waals surface area contributed by atoms with E-state index in [0.717, 1.165) is 22.2 Å². The summed E-state index contributed by atoms with van der Waals surface area (Å²) in [6.45, 7) is 0.443. The average molecular weight is 394 g/mol. The van der Waals surface area contributed by atoms with Gasteiger partial charge in [0.25, 0.3) is 11.8 Å². The van der Waals surface area contributed by atoms with Crippen LogP contribution in [-0.4, -0.2) is 21.8 Å². The zero-order chi connectivity index (χ0) is 20.5. The van der Waals surface area contributed by atoms with Gasteiger partial charge in [-0.1, -0.05) is 30.3 Å². The van der Waals surface area contributed by atoms with Crippen molar-refractivity contribution in [1.29, 1.82) is 0 Å². The Bertz CT molecular complexity index is 1310. The molecule has 0 saturated heterocycles. The molecule has 0 spiro atoms. The molecule has 0 aliphatic carbocycles. The Morgan fingerprint density at radius 1 is 1.07 bits per heavy atom. The van der Waals surface area contributed by atoms with Crippen LogP contribution < -0.4 is 10.6 Å². The van der Waals surface area contributed by atoms with Crippen LogP contribution in [0.3, 0.4) is 0 Å². The molecule has 0 saturated carbocycles. The molecule has 6 nitrogen and oxygen atoms in total. The largest absolute Gasteiger partial charge is 0.348 e. The van der Waals surface area contributed by atoms with E-state index in [2.05, 4.69) is 20.6 Å². The number of benzene rings is 2. The number of rotatable bonds is 4. The number of carbonyl (C=O) groups is 2. The van der Waals surface area contributed by atoms with Crippen LogP contribution in [0.5, 0.6) is 0 Å². The zero-order valence-corrected chi connectivity index (χ0v) is 16.0. The van der Waals surface area contributed by atoms with Crippen LogP contribution in [0.15, 0.2) is 73.1 Å². The summed E-state index contributed by atoms with van der Waals surface area (Å²) in [5.74, 6) is -0.373. The van der Waals surface area contributed by atoms with E-state index in [1.165, 1.54) is 0 Å². The van der Waals surface area contributed by atoms with Crippen molar-refractivity contribution in [3.63, 3.8) is 0 Å². The number of nitrogens with one attached hydrogen (secondary N) is 3. The fraction of sp³-hybridized carbons (Fsp3) is 0.0417. The molecule has 3 N–H and O–H groups in total. The van der Waals surface area contributed by atoms with Gasteiger partial charge >= 0.3 is 0 Å². The predicted molar refractivity (Wildman–Crippen MR) is 117 cm³/mol. The minimum Gasteiger partial charge on any atom is -0.348 e. The lowest BCUT2D eigenvalue weighted by Crippen LogP contribution is -2.22. The normalized spacial score (nSPS) is 14.0. The molecular formula is C24H18N4O2. The van der Waals surface area contributed by atoms with E-state index >= 15 is 0 Å². The quantitative estimate of drug-likeness (QED) is 0.458. The summed E-state index contributed by atoms with van der Waals surface area (Å²) < 4.78 is 0. The van der Waals surface area contributed by atoms with E-state index in [4.69, 9.17) is 0 Å². The third kappa shape index (κ3) is 3.24. The lowest BCUT2D eigenvalue weighted by molar-refractivity contribution is -0.110. The van der Waals surface area contributed by atoms with Crippen molar-refractivity contribution in [2.45, 2.75) is 6.54 Å². The Hall–Kier alpha value is -4.19. The molecule has 146 valence electrons. The molecule has 5 rings (SSSR count). The molecule has 0 fully saturated rings. The molecule has 2 aromatic carbocycles. The van der Waals surface area contributed by atoms with Gasteiger partial charge in [-0.3, -0.25) is 9.59 Å². The van der Waals surface area contributed by atoms with Crippen LogP contribution in [0.4, 0.5) is 5.69 Å². The Morgan fingerprint density at radius 3 is 2.80 bits per heavy atom. The first-order valence-corrected chi connectivity index (χ1v) is 9.61. The van der Waals surface area contributed by atoms with Gasteiger partial charge in [0.15, 0.2) is 0 Å². The lowest BCUT2D eigenvalue weighted by atomic mass is 10.0. The maximum atomic E-state index is 12.6. The van der Waals surface area contributed by atoms with Crippen molar-refractivity contribution >= 4 is 40.2 Å². The number of aromatic amines is 1. The first-order chi connectivity index (χ1) is 14.7. The van der Waals surface area contributed by atoms with E-state index < -0.39 is 0 Å². The number of hydrogen-bond acceptors (Lipinski definition) is 3. The van der Waals surface area contributed by atoms with E-state index in [9.17, 15) is 9.59 Å². The van der Waals surface area contributed by atoms with Gasteiger partial charge in [-0.25, -0.2) is 4.98 Å². The summed E-state index contributed by atoms with van der Waals surface area (Å²) in [6.07, 6.45) is 5.37. The number of aromatic nitrogens is 2. The van der Waals surface area contributed by atoms with Crippen LogP contribution in [0.2, 0.25) is 0 Å². The van der Waals surface area contributed by atoms with Gasteiger partial charge in [-0.05, 0) is 42.0 Å². The minimum absolute atomic E-state index is 0.184. The Balaban J connectivity index is 1.45. The van der Waals surface area contributed by atoms with Crippen LogP contribution in [-0.2, 0) is 11.3 Å². The van der Waals surface area contributed by atoms with Crippen LogP contribution in [0.25, 0.3) is 22.7 Å². The number of nitrogens with zero attached hydrogens (tertiary/aromatic N) is 1. The maximum absolute atomic E-state index is 12.6. The SMILES string of the molecule is O=C1Nc2ccc(C(=O)NCc3ccccc3)cc2C1=Cc1c[nH]c2ncccc12. The maximum Gasteiger partial charge on any atom is 0.256 e. The van der Waals surface area contributed by atoms with Gasteiger partial charge in [0.2, 0.25) is 0 Å². The number of pyridine rings is 1. The number of anilines is 1. The standard InChI is InChI=1S/C24H18N4O2/c29-23(27-13-15-5-2-1-3-6-15)16-8-9-21-19(11-16)20(24(30)28-21)12-17-14-26-22-18(17)7-4-10-25-22/h1-12,14H,13H2,(H,25,26)(H,27,29)(H,28,30). The molecule has 0 radical (unpaired) electrons. The smallest absolute Gasteiger partial charge is 0.256 e. The van der Waals surface area contributed by atoms with Crippen LogP contribution in [0, 0.1) is 0 Å². The van der Waals surface area contributed by atoms with E-state index in [-0.39, 0.29) is 11.8 Å². The molecular weight excluding hydrogens is 376 g/mol. The van der Waals surface area contributed by atoms with Crippen molar-refractivity contribution in [3.8, 4) is 0 Å².